The number of aliphatic hydroxyl groups excluding tert-OH is 1. The van der Waals surface area contributed by atoms with Crippen molar-refractivity contribution in [2.45, 2.75) is 56.8 Å². The molecule has 0 saturated carbocycles. The third-order valence-corrected chi connectivity index (χ3v) is 4.73. The number of carbonyl (C=O) groups excluding carboxylic acids is 3. The number of carbonyl (C=O) groups is 4. The van der Waals surface area contributed by atoms with E-state index in [0.717, 1.165) is 0 Å². The number of nitrogens with two attached hydrogens (primary N) is 2. The van der Waals surface area contributed by atoms with Crippen molar-refractivity contribution in [3.8, 4) is 0 Å². The first-order valence-electron chi connectivity index (χ1n) is 9.37. The van der Waals surface area contributed by atoms with Gasteiger partial charge in [0.15, 0.2) is 0 Å². The summed E-state index contributed by atoms with van der Waals surface area (Å²) in [6, 6.07) is -4.21. The molecule has 12 heteroatoms. The van der Waals surface area contributed by atoms with Crippen molar-refractivity contribution in [2.24, 2.45) is 11.5 Å². The predicted octanol–water partition coefficient (Wildman–Crippen LogP) is -2.25. The Labute approximate surface area is 174 Å². The van der Waals surface area contributed by atoms with Crippen LogP contribution in [-0.4, -0.2) is 83.2 Å². The molecule has 29 heavy (non-hydrogen) atoms. The Hall–Kier alpha value is -1.89. The van der Waals surface area contributed by atoms with Gasteiger partial charge in [-0.2, -0.15) is 11.8 Å². The van der Waals surface area contributed by atoms with Crippen LogP contribution in [0.25, 0.3) is 0 Å². The molecule has 0 radical (unpaired) electrons. The minimum absolute atomic E-state index is 0.264. The van der Waals surface area contributed by atoms with E-state index in [1.165, 1.54) is 18.7 Å². The van der Waals surface area contributed by atoms with Gasteiger partial charge >= 0.3 is 5.97 Å². The van der Waals surface area contributed by atoms with E-state index in [9.17, 15) is 19.2 Å². The van der Waals surface area contributed by atoms with Gasteiger partial charge < -0.3 is 37.6 Å². The number of hydrogen-bond acceptors (Lipinski definition) is 8. The van der Waals surface area contributed by atoms with E-state index in [2.05, 4.69) is 16.0 Å². The van der Waals surface area contributed by atoms with Crippen LogP contribution in [0.15, 0.2) is 0 Å². The molecule has 0 aromatic heterocycles. The number of unbranched alkanes of at least 4 members (excludes halogenated alkanes) is 1. The molecule has 0 aliphatic heterocycles. The maximum Gasteiger partial charge on any atom is 0.325 e. The second kappa shape index (κ2) is 15.0. The summed E-state index contributed by atoms with van der Waals surface area (Å²) in [5.41, 5.74) is 10.9. The SMILES string of the molecule is CSCCC(NC(=O)C(N)CO)C(=O)NC(CCCCN)C(=O)NC(C)C(=O)O. The predicted molar refractivity (Wildman–Crippen MR) is 110 cm³/mol. The molecule has 168 valence electrons. The van der Waals surface area contributed by atoms with E-state index in [1.807, 2.05) is 6.26 Å². The average Bonchev–Trinajstić information content (AvgIpc) is 2.69. The minimum Gasteiger partial charge on any atom is -0.480 e. The van der Waals surface area contributed by atoms with E-state index >= 15 is 0 Å². The topological polar surface area (TPSA) is 197 Å². The van der Waals surface area contributed by atoms with Gasteiger partial charge in [0.2, 0.25) is 17.7 Å². The number of hydrogen-bond donors (Lipinski definition) is 7. The summed E-state index contributed by atoms with van der Waals surface area (Å²) in [5.74, 6) is -2.54. The van der Waals surface area contributed by atoms with Crippen LogP contribution < -0.4 is 27.4 Å². The molecule has 3 amide bonds. The average molecular weight is 436 g/mol. The van der Waals surface area contributed by atoms with Crippen molar-refractivity contribution in [2.75, 3.05) is 25.2 Å². The highest BCUT2D eigenvalue weighted by Crippen LogP contribution is 2.06. The van der Waals surface area contributed by atoms with Gasteiger partial charge in [0.25, 0.3) is 0 Å². The van der Waals surface area contributed by atoms with Crippen LogP contribution in [0.5, 0.6) is 0 Å². The molecule has 0 spiro atoms. The van der Waals surface area contributed by atoms with Gasteiger partial charge in [0, 0.05) is 0 Å². The van der Waals surface area contributed by atoms with Crippen LogP contribution in [-0.2, 0) is 19.2 Å². The van der Waals surface area contributed by atoms with Gasteiger partial charge in [-0.25, -0.2) is 0 Å². The molecule has 0 rings (SSSR count). The van der Waals surface area contributed by atoms with Crippen molar-refractivity contribution in [1.29, 1.82) is 0 Å². The van der Waals surface area contributed by atoms with Gasteiger partial charge in [0.05, 0.1) is 6.61 Å². The van der Waals surface area contributed by atoms with Crippen LogP contribution in [0.1, 0.15) is 32.6 Å². The van der Waals surface area contributed by atoms with Crippen molar-refractivity contribution in [3.63, 3.8) is 0 Å². The fourth-order valence-electron chi connectivity index (χ4n) is 2.28. The number of nitrogens with one attached hydrogen (secondary N) is 3. The zero-order valence-corrected chi connectivity index (χ0v) is 17.7. The number of carboxylic acids is 1. The molecule has 0 bridgehead atoms. The highest BCUT2D eigenvalue weighted by Gasteiger charge is 2.28. The molecule has 0 aromatic rings. The third kappa shape index (κ3) is 11.0. The zero-order chi connectivity index (χ0) is 22.4. The monoisotopic (exact) mass is 435 g/mol. The normalized spacial score (nSPS) is 14.9. The van der Waals surface area contributed by atoms with E-state index in [-0.39, 0.29) is 6.42 Å². The number of carboxylic acid groups (broad SMARTS) is 1. The molecule has 4 unspecified atom stereocenters. The first kappa shape index (κ1) is 27.1. The Morgan fingerprint density at radius 1 is 0.966 bits per heavy atom. The summed E-state index contributed by atoms with van der Waals surface area (Å²) in [5, 5.41) is 25.4. The van der Waals surface area contributed by atoms with Crippen LogP contribution >= 0.6 is 11.8 Å². The summed E-state index contributed by atoms with van der Waals surface area (Å²) in [6.07, 6.45) is 3.58. The Kier molecular flexibility index (Phi) is 14.0. The summed E-state index contributed by atoms with van der Waals surface area (Å²) in [6.45, 7) is 1.16. The Morgan fingerprint density at radius 2 is 1.52 bits per heavy atom. The van der Waals surface area contributed by atoms with Crippen LogP contribution in [0, 0.1) is 0 Å². The van der Waals surface area contributed by atoms with Crippen LogP contribution in [0.2, 0.25) is 0 Å². The van der Waals surface area contributed by atoms with Gasteiger partial charge in [-0.15, -0.1) is 0 Å². The fourth-order valence-corrected chi connectivity index (χ4v) is 2.75. The molecule has 0 aromatic carbocycles. The lowest BCUT2D eigenvalue weighted by Gasteiger charge is -2.24. The molecule has 0 aliphatic rings. The molecule has 0 saturated heterocycles. The lowest BCUT2D eigenvalue weighted by molar-refractivity contribution is -0.141. The molecule has 0 aliphatic carbocycles. The largest absolute Gasteiger partial charge is 0.480 e. The smallest absolute Gasteiger partial charge is 0.325 e. The van der Waals surface area contributed by atoms with E-state index in [0.29, 0.717) is 31.6 Å². The van der Waals surface area contributed by atoms with E-state index < -0.39 is 54.5 Å². The van der Waals surface area contributed by atoms with Crippen molar-refractivity contribution in [3.05, 3.63) is 0 Å². The zero-order valence-electron chi connectivity index (χ0n) is 16.8. The Morgan fingerprint density at radius 3 is 2.03 bits per heavy atom. The summed E-state index contributed by atoms with van der Waals surface area (Å²) < 4.78 is 0. The van der Waals surface area contributed by atoms with Gasteiger partial charge in [0.1, 0.15) is 24.2 Å². The van der Waals surface area contributed by atoms with Gasteiger partial charge in [-0.05, 0) is 51.2 Å². The number of aliphatic carboxylic acids is 1. The molecular formula is C17H33N5O6S. The first-order valence-corrected chi connectivity index (χ1v) is 10.8. The minimum atomic E-state index is -1.20. The fraction of sp³-hybridized carbons (Fsp3) is 0.765. The number of amides is 3. The van der Waals surface area contributed by atoms with Crippen molar-refractivity contribution in [1.82, 2.24) is 16.0 Å². The quantitative estimate of drug-likeness (QED) is 0.139. The highest BCUT2D eigenvalue weighted by atomic mass is 32.2. The van der Waals surface area contributed by atoms with Crippen LogP contribution in [0.3, 0.4) is 0 Å². The summed E-state index contributed by atoms with van der Waals surface area (Å²) in [4.78, 5) is 48.1. The summed E-state index contributed by atoms with van der Waals surface area (Å²) in [7, 11) is 0. The van der Waals surface area contributed by atoms with Crippen molar-refractivity contribution < 1.29 is 29.4 Å². The maximum absolute atomic E-state index is 12.7. The number of aliphatic hydroxyl groups is 1. The first-order chi connectivity index (χ1) is 13.7. The third-order valence-electron chi connectivity index (χ3n) is 4.09. The number of thioether (sulfide) groups is 1. The lowest BCUT2D eigenvalue weighted by Crippen LogP contribution is -2.57. The lowest BCUT2D eigenvalue weighted by atomic mass is 10.1. The second-order valence-corrected chi connectivity index (χ2v) is 7.53. The molecule has 11 nitrogen and oxygen atoms in total. The molecule has 4 atom stereocenters. The number of rotatable bonds is 15. The Bertz CT molecular complexity index is 550. The molecule has 0 fully saturated rings. The summed E-state index contributed by atoms with van der Waals surface area (Å²) >= 11 is 1.47. The molecule has 9 N–H and O–H groups in total. The van der Waals surface area contributed by atoms with Crippen LogP contribution in [0.4, 0.5) is 0 Å². The van der Waals surface area contributed by atoms with E-state index in [1.54, 1.807) is 0 Å². The Balaban J connectivity index is 5.22. The second-order valence-electron chi connectivity index (χ2n) is 6.55. The molecule has 0 heterocycles. The van der Waals surface area contributed by atoms with Gasteiger partial charge in [-0.3, -0.25) is 19.2 Å². The van der Waals surface area contributed by atoms with Crippen molar-refractivity contribution >= 4 is 35.5 Å². The highest BCUT2D eigenvalue weighted by molar-refractivity contribution is 7.98. The standard InChI is InChI=1S/C17H33N5O6S/c1-10(17(27)28)20-15(25)12(5-3-4-7-18)22-16(26)13(6-8-29-2)21-14(24)11(19)9-23/h10-13,23H,3-9,18-19H2,1-2H3,(H,20,25)(H,21,24)(H,22,26)(H,27,28). The van der Waals surface area contributed by atoms with Gasteiger partial charge in [-0.1, -0.05) is 0 Å². The molecular weight excluding hydrogens is 402 g/mol. The maximum atomic E-state index is 12.7. The van der Waals surface area contributed by atoms with E-state index in [4.69, 9.17) is 21.7 Å².